The van der Waals surface area contributed by atoms with E-state index in [2.05, 4.69) is 22.7 Å². The van der Waals surface area contributed by atoms with Gasteiger partial charge in [-0.2, -0.15) is 31.4 Å². The molecule has 268 valence electrons. The lowest BCUT2D eigenvalue weighted by Gasteiger charge is -2.35. The number of aliphatic hydroxyl groups excluding tert-OH is 1. The Morgan fingerprint density at radius 1 is 0.980 bits per heavy atom. The molecule has 1 aliphatic rings. The van der Waals surface area contributed by atoms with Gasteiger partial charge in [-0.05, 0) is 75.3 Å². The highest BCUT2D eigenvalue weighted by Crippen LogP contribution is 2.37. The first-order chi connectivity index (χ1) is 23.1. The fourth-order valence-corrected chi connectivity index (χ4v) is 6.17. The Morgan fingerprint density at radius 2 is 1.63 bits per heavy atom. The number of amides is 2. The molecular formula is C35H43F6N5O3. The molecule has 1 aliphatic heterocycles. The number of aliphatic hydroxyl groups is 1. The number of nitrogens with zero attached hydrogens (tertiary/aromatic N) is 3. The third-order valence-corrected chi connectivity index (χ3v) is 8.86. The van der Waals surface area contributed by atoms with Crippen LogP contribution in [-0.2, 0) is 25.3 Å². The predicted molar refractivity (Wildman–Crippen MR) is 172 cm³/mol. The summed E-state index contributed by atoms with van der Waals surface area (Å²) in [5.41, 5.74) is -2.13. The van der Waals surface area contributed by atoms with Crippen LogP contribution < -0.4 is 10.6 Å². The van der Waals surface area contributed by atoms with Crippen molar-refractivity contribution in [1.29, 1.82) is 0 Å². The zero-order valence-corrected chi connectivity index (χ0v) is 27.7. The molecule has 3 N–H and O–H groups in total. The Labute approximate surface area is 281 Å². The number of carbonyl (C=O) groups excluding carboxylic acids is 2. The number of hydrogen-bond acceptors (Lipinski definition) is 5. The Hall–Kier alpha value is -3.91. The molecule has 8 nitrogen and oxygen atoms in total. The topological polar surface area (TPSA) is 99.5 Å². The van der Waals surface area contributed by atoms with Crippen LogP contribution in [0.25, 0.3) is 0 Å². The maximum Gasteiger partial charge on any atom is 0.416 e. The van der Waals surface area contributed by atoms with E-state index in [4.69, 9.17) is 0 Å². The molecule has 0 spiro atoms. The molecule has 4 rings (SSSR count). The van der Waals surface area contributed by atoms with Crippen LogP contribution in [-0.4, -0.2) is 62.9 Å². The number of halogens is 6. The first-order valence-electron chi connectivity index (χ1n) is 16.6. The molecule has 0 aliphatic carbocycles. The molecule has 1 unspecified atom stereocenters. The van der Waals surface area contributed by atoms with Crippen molar-refractivity contribution in [1.82, 2.24) is 25.3 Å². The van der Waals surface area contributed by atoms with Gasteiger partial charge in [-0.25, -0.2) is 0 Å². The first-order valence-corrected chi connectivity index (χ1v) is 16.6. The third-order valence-electron chi connectivity index (χ3n) is 8.86. The molecule has 2 aromatic carbocycles. The third kappa shape index (κ3) is 9.84. The van der Waals surface area contributed by atoms with Gasteiger partial charge in [0.1, 0.15) is 5.69 Å². The summed E-state index contributed by atoms with van der Waals surface area (Å²) in [6, 6.07) is 9.86. The molecule has 0 saturated carbocycles. The van der Waals surface area contributed by atoms with Crippen LogP contribution in [0.4, 0.5) is 26.3 Å². The molecule has 1 aromatic heterocycles. The second-order valence-electron chi connectivity index (χ2n) is 12.5. The number of hydrogen-bond donors (Lipinski definition) is 3. The van der Waals surface area contributed by atoms with Gasteiger partial charge in [0.15, 0.2) is 5.69 Å². The van der Waals surface area contributed by atoms with Gasteiger partial charge in [0.05, 0.1) is 23.3 Å². The first kappa shape index (κ1) is 37.9. The fraction of sp³-hybridized carbons (Fsp3) is 0.514. The number of piperidine rings is 1. The van der Waals surface area contributed by atoms with Crippen LogP contribution in [0.5, 0.6) is 0 Å². The molecule has 0 bridgehead atoms. The highest BCUT2D eigenvalue weighted by Gasteiger charge is 2.37. The van der Waals surface area contributed by atoms with Gasteiger partial charge in [0.25, 0.3) is 11.8 Å². The molecule has 49 heavy (non-hydrogen) atoms. The van der Waals surface area contributed by atoms with Gasteiger partial charge in [0, 0.05) is 37.8 Å². The molecule has 1 fully saturated rings. The minimum Gasteiger partial charge on any atom is -0.390 e. The van der Waals surface area contributed by atoms with Crippen molar-refractivity contribution >= 4 is 11.8 Å². The van der Waals surface area contributed by atoms with E-state index in [1.165, 1.54) is 17.7 Å². The molecule has 14 heteroatoms. The number of nitrogens with one attached hydrogen (secondary N) is 2. The van der Waals surface area contributed by atoms with Crippen LogP contribution in [0.1, 0.15) is 102 Å². The zero-order chi connectivity index (χ0) is 35.9. The quantitative estimate of drug-likeness (QED) is 0.171. The van der Waals surface area contributed by atoms with Crippen LogP contribution in [0.3, 0.4) is 0 Å². The monoisotopic (exact) mass is 695 g/mol. The lowest BCUT2D eigenvalue weighted by molar-refractivity contribution is -0.143. The van der Waals surface area contributed by atoms with Gasteiger partial charge in [-0.3, -0.25) is 14.3 Å². The SMILES string of the molecule is CCCC1CCCCN1C(=O)c1cc(C(=O)N[C@@H](Cc2ccccc2)[C@@H](O)CN[C@H](C)c2cc(C(F)(F)F)cc(C(F)(F)F)c2)nn1CC. The summed E-state index contributed by atoms with van der Waals surface area (Å²) in [5, 5.41) is 21.2. The van der Waals surface area contributed by atoms with Gasteiger partial charge < -0.3 is 20.6 Å². The average molecular weight is 696 g/mol. The minimum absolute atomic E-state index is 0.0236. The number of rotatable bonds is 13. The highest BCUT2D eigenvalue weighted by molar-refractivity contribution is 5.98. The summed E-state index contributed by atoms with van der Waals surface area (Å²) >= 11 is 0. The summed E-state index contributed by atoms with van der Waals surface area (Å²) in [7, 11) is 0. The molecule has 2 amide bonds. The minimum atomic E-state index is -5.00. The van der Waals surface area contributed by atoms with Crippen LogP contribution in [0.2, 0.25) is 0 Å². The maximum atomic E-state index is 13.7. The number of carbonyl (C=O) groups is 2. The molecule has 1 saturated heterocycles. The second kappa shape index (κ2) is 16.2. The van der Waals surface area contributed by atoms with E-state index in [9.17, 15) is 41.0 Å². The van der Waals surface area contributed by atoms with Crippen LogP contribution in [0, 0.1) is 0 Å². The molecule has 0 radical (unpaired) electrons. The predicted octanol–water partition coefficient (Wildman–Crippen LogP) is 6.79. The second-order valence-corrected chi connectivity index (χ2v) is 12.5. The van der Waals surface area contributed by atoms with Crippen molar-refractivity contribution in [3.8, 4) is 0 Å². The number of benzene rings is 2. The number of aryl methyl sites for hydroxylation is 1. The van der Waals surface area contributed by atoms with E-state index in [0.717, 1.165) is 37.7 Å². The van der Waals surface area contributed by atoms with E-state index >= 15 is 0 Å². The van der Waals surface area contributed by atoms with E-state index in [-0.39, 0.29) is 47.9 Å². The van der Waals surface area contributed by atoms with Crippen molar-refractivity contribution in [3.05, 3.63) is 88.2 Å². The Kier molecular flexibility index (Phi) is 12.5. The number of likely N-dealkylation sites (tertiary alicyclic amines) is 1. The lowest BCUT2D eigenvalue weighted by Crippen LogP contribution is -2.49. The van der Waals surface area contributed by atoms with Crippen LogP contribution >= 0.6 is 0 Å². The number of aromatic nitrogens is 2. The lowest BCUT2D eigenvalue weighted by atomic mass is 9.98. The van der Waals surface area contributed by atoms with Crippen molar-refractivity contribution in [3.63, 3.8) is 0 Å². The van der Waals surface area contributed by atoms with Gasteiger partial charge in [-0.15, -0.1) is 0 Å². The Balaban J connectivity index is 1.53. The summed E-state index contributed by atoms with van der Waals surface area (Å²) < 4.78 is 82.0. The highest BCUT2D eigenvalue weighted by atomic mass is 19.4. The van der Waals surface area contributed by atoms with Crippen LogP contribution in [0.15, 0.2) is 54.6 Å². The van der Waals surface area contributed by atoms with Crippen molar-refractivity contribution in [2.24, 2.45) is 0 Å². The summed E-state index contributed by atoms with van der Waals surface area (Å²) in [6.07, 6.45) is -6.51. The average Bonchev–Trinajstić information content (AvgIpc) is 3.51. The summed E-state index contributed by atoms with van der Waals surface area (Å²) in [5.74, 6) is -0.848. The molecule has 3 aromatic rings. The maximum absolute atomic E-state index is 13.7. The van der Waals surface area contributed by atoms with E-state index in [1.807, 2.05) is 11.8 Å². The molecule has 4 atom stereocenters. The van der Waals surface area contributed by atoms with Gasteiger partial charge in [-0.1, -0.05) is 43.7 Å². The Morgan fingerprint density at radius 3 is 2.22 bits per heavy atom. The van der Waals surface area contributed by atoms with Crippen molar-refractivity contribution in [2.45, 2.75) is 102 Å². The fourth-order valence-electron chi connectivity index (χ4n) is 6.17. The molecule has 2 heterocycles. The normalized spacial score (nSPS) is 17.4. The Bertz CT molecular complexity index is 1530. The zero-order valence-electron chi connectivity index (χ0n) is 27.7. The smallest absolute Gasteiger partial charge is 0.390 e. The van der Waals surface area contributed by atoms with E-state index < -0.39 is 47.6 Å². The number of alkyl halides is 6. The van der Waals surface area contributed by atoms with Gasteiger partial charge in [0.2, 0.25) is 0 Å². The standard InChI is InChI=1S/C35H43F6N5O3/c1-4-11-27-14-9-10-15-45(27)33(49)30-20-29(44-46(30)5-2)32(48)43-28(16-23-12-7-6-8-13-23)31(47)21-42-22(3)24-17-25(34(36,37)38)19-26(18-24)35(39,40)41/h6-8,12-13,17-20,22,27-28,31,42,47H,4-5,9-11,14-16,21H2,1-3H3,(H,43,48)/t22-,27?,28+,31+/m1/s1. The van der Waals surface area contributed by atoms with Gasteiger partial charge >= 0.3 is 12.4 Å². The van der Waals surface area contributed by atoms with E-state index in [0.29, 0.717) is 25.2 Å². The van der Waals surface area contributed by atoms with Crippen molar-refractivity contribution in [2.75, 3.05) is 13.1 Å². The summed E-state index contributed by atoms with van der Waals surface area (Å²) in [6.45, 7) is 5.94. The molecular weight excluding hydrogens is 652 g/mol. The van der Waals surface area contributed by atoms with E-state index in [1.54, 1.807) is 30.3 Å². The summed E-state index contributed by atoms with van der Waals surface area (Å²) in [4.78, 5) is 29.1. The largest absolute Gasteiger partial charge is 0.416 e. The van der Waals surface area contributed by atoms with Crippen molar-refractivity contribution < 1.29 is 41.0 Å².